The highest BCUT2D eigenvalue weighted by Crippen LogP contribution is 2.54. The van der Waals surface area contributed by atoms with Crippen LogP contribution in [0.2, 0.25) is 0 Å². The van der Waals surface area contributed by atoms with Crippen LogP contribution in [0.4, 0.5) is 13.2 Å². The fourth-order valence-electron chi connectivity index (χ4n) is 3.98. The number of halogens is 3. The summed E-state index contributed by atoms with van der Waals surface area (Å²) >= 11 is 0. The summed E-state index contributed by atoms with van der Waals surface area (Å²) in [6.07, 6.45) is -2.44. The third-order valence-electron chi connectivity index (χ3n) is 5.19. The van der Waals surface area contributed by atoms with E-state index in [1.807, 2.05) is 4.72 Å². The first-order chi connectivity index (χ1) is 10.2. The first-order valence-corrected chi connectivity index (χ1v) is 8.94. The maximum absolute atomic E-state index is 13.3. The first kappa shape index (κ1) is 16.0. The third-order valence-corrected chi connectivity index (χ3v) is 6.82. The van der Waals surface area contributed by atoms with Crippen molar-refractivity contribution in [1.82, 2.24) is 4.72 Å². The molecule has 1 amide bonds. The van der Waals surface area contributed by atoms with E-state index in [4.69, 9.17) is 4.74 Å². The van der Waals surface area contributed by atoms with E-state index in [1.165, 1.54) is 0 Å². The molecule has 3 aliphatic carbocycles. The van der Waals surface area contributed by atoms with Crippen molar-refractivity contribution in [2.24, 2.45) is 23.7 Å². The Hall–Kier alpha value is -0.830. The van der Waals surface area contributed by atoms with Gasteiger partial charge in [-0.2, -0.15) is 13.2 Å². The SMILES string of the molecule is O=C(NS(=O)(=O)C1COC1)[C@H]1C2CCC(CC2)[C@@H]1C(F)(F)F. The van der Waals surface area contributed by atoms with E-state index < -0.39 is 45.1 Å². The van der Waals surface area contributed by atoms with E-state index >= 15 is 0 Å². The van der Waals surface area contributed by atoms with Gasteiger partial charge in [0, 0.05) is 0 Å². The Bertz CT molecular complexity index is 550. The molecule has 1 heterocycles. The normalized spacial score (nSPS) is 36.0. The largest absolute Gasteiger partial charge is 0.392 e. The van der Waals surface area contributed by atoms with Crippen molar-refractivity contribution in [3.8, 4) is 0 Å². The molecule has 4 rings (SSSR count). The van der Waals surface area contributed by atoms with Gasteiger partial charge in [0.15, 0.2) is 0 Å². The maximum atomic E-state index is 13.3. The summed E-state index contributed by atoms with van der Waals surface area (Å²) in [5.41, 5.74) is 0. The van der Waals surface area contributed by atoms with Gasteiger partial charge in [0.1, 0.15) is 5.25 Å². The standard InChI is InChI=1S/C13H18F3NO4S/c14-13(15,16)11-8-3-1-7(2-4-8)10(11)12(18)17-22(19,20)9-5-21-6-9/h7-11H,1-6H2,(H,17,18)/t7?,8?,10-,11-/m0/s1. The molecular weight excluding hydrogens is 323 g/mol. The zero-order valence-electron chi connectivity index (χ0n) is 11.8. The Labute approximate surface area is 126 Å². The van der Waals surface area contributed by atoms with Crippen molar-refractivity contribution in [3.63, 3.8) is 0 Å². The molecule has 4 aliphatic rings. The van der Waals surface area contributed by atoms with Gasteiger partial charge < -0.3 is 4.74 Å². The minimum absolute atomic E-state index is 0.0258. The van der Waals surface area contributed by atoms with Crippen molar-refractivity contribution < 1.29 is 31.1 Å². The van der Waals surface area contributed by atoms with E-state index in [9.17, 15) is 26.4 Å². The smallest absolute Gasteiger partial charge is 0.378 e. The van der Waals surface area contributed by atoms with Crippen molar-refractivity contribution in [2.75, 3.05) is 13.2 Å². The second kappa shape index (κ2) is 5.36. The average Bonchev–Trinajstić information content (AvgIpc) is 2.34. The molecule has 126 valence electrons. The number of alkyl halides is 3. The molecule has 4 fully saturated rings. The van der Waals surface area contributed by atoms with Gasteiger partial charge in [0.25, 0.3) is 0 Å². The van der Waals surface area contributed by atoms with Crippen LogP contribution >= 0.6 is 0 Å². The van der Waals surface area contributed by atoms with Gasteiger partial charge in [-0.1, -0.05) is 0 Å². The Kier molecular flexibility index (Phi) is 3.91. The van der Waals surface area contributed by atoms with Gasteiger partial charge in [-0.05, 0) is 37.5 Å². The van der Waals surface area contributed by atoms with Gasteiger partial charge in [-0.25, -0.2) is 8.42 Å². The summed E-state index contributed by atoms with van der Waals surface area (Å²) in [7, 11) is -3.95. The molecular formula is C13H18F3NO4S. The number of amides is 1. The molecule has 1 saturated heterocycles. The number of fused-ring (bicyclic) bond motifs is 3. The van der Waals surface area contributed by atoms with Crippen LogP contribution in [0.1, 0.15) is 25.7 Å². The highest BCUT2D eigenvalue weighted by atomic mass is 32.2. The minimum atomic E-state index is -4.48. The lowest BCUT2D eigenvalue weighted by atomic mass is 9.58. The molecule has 2 atom stereocenters. The molecule has 0 aromatic carbocycles. The van der Waals surface area contributed by atoms with Gasteiger partial charge in [-0.3, -0.25) is 9.52 Å². The summed E-state index contributed by atoms with van der Waals surface area (Å²) in [6.45, 7) is -0.0515. The lowest BCUT2D eigenvalue weighted by Gasteiger charge is -2.48. The number of rotatable bonds is 3. The van der Waals surface area contributed by atoms with Crippen molar-refractivity contribution in [2.45, 2.75) is 37.1 Å². The molecule has 2 bridgehead atoms. The van der Waals surface area contributed by atoms with E-state index in [0.717, 1.165) is 0 Å². The van der Waals surface area contributed by atoms with Gasteiger partial charge in [0.2, 0.25) is 15.9 Å². The zero-order valence-corrected chi connectivity index (χ0v) is 12.6. The minimum Gasteiger partial charge on any atom is -0.378 e. The monoisotopic (exact) mass is 341 g/mol. The predicted molar refractivity (Wildman–Crippen MR) is 70.2 cm³/mol. The number of ether oxygens (including phenoxy) is 1. The molecule has 1 aliphatic heterocycles. The van der Waals surface area contributed by atoms with Crippen molar-refractivity contribution in [3.05, 3.63) is 0 Å². The summed E-state index contributed by atoms with van der Waals surface area (Å²) in [5, 5.41) is -0.846. The summed E-state index contributed by atoms with van der Waals surface area (Å²) in [5.74, 6) is -4.97. The van der Waals surface area contributed by atoms with Crippen LogP contribution in [0.25, 0.3) is 0 Å². The van der Waals surface area contributed by atoms with Crippen molar-refractivity contribution >= 4 is 15.9 Å². The van der Waals surface area contributed by atoms with Crippen LogP contribution in [-0.4, -0.2) is 39.0 Å². The summed E-state index contributed by atoms with van der Waals surface area (Å²) in [6, 6.07) is 0. The Balaban J connectivity index is 1.80. The van der Waals surface area contributed by atoms with Gasteiger partial charge in [-0.15, -0.1) is 0 Å². The average molecular weight is 341 g/mol. The third kappa shape index (κ3) is 2.73. The molecule has 0 spiro atoms. The number of carbonyl (C=O) groups is 1. The number of nitrogens with one attached hydrogen (secondary N) is 1. The first-order valence-electron chi connectivity index (χ1n) is 7.40. The quantitative estimate of drug-likeness (QED) is 0.843. The zero-order chi connectivity index (χ0) is 16.1. The van der Waals surface area contributed by atoms with Crippen LogP contribution < -0.4 is 4.72 Å². The predicted octanol–water partition coefficient (Wildman–Crippen LogP) is 1.45. The molecule has 22 heavy (non-hydrogen) atoms. The summed E-state index contributed by atoms with van der Waals surface area (Å²) in [4.78, 5) is 12.3. The number of sulfonamides is 1. The fourth-order valence-corrected chi connectivity index (χ4v) is 5.12. The second-order valence-corrected chi connectivity index (χ2v) is 8.40. The molecule has 3 saturated carbocycles. The lowest BCUT2D eigenvalue weighted by molar-refractivity contribution is -0.228. The molecule has 0 radical (unpaired) electrons. The topological polar surface area (TPSA) is 72.5 Å². The summed E-state index contributed by atoms with van der Waals surface area (Å²) < 4.78 is 70.5. The highest BCUT2D eigenvalue weighted by Gasteiger charge is 2.58. The van der Waals surface area contributed by atoms with Crippen molar-refractivity contribution in [1.29, 1.82) is 0 Å². The van der Waals surface area contributed by atoms with E-state index in [0.29, 0.717) is 25.7 Å². The van der Waals surface area contributed by atoms with Gasteiger partial charge in [0.05, 0.1) is 25.0 Å². The van der Waals surface area contributed by atoms with E-state index in [2.05, 4.69) is 0 Å². The Morgan fingerprint density at radius 2 is 1.59 bits per heavy atom. The highest BCUT2D eigenvalue weighted by molar-refractivity contribution is 7.90. The number of carbonyl (C=O) groups excluding carboxylic acids is 1. The van der Waals surface area contributed by atoms with Crippen LogP contribution in [0.3, 0.4) is 0 Å². The Morgan fingerprint density at radius 3 is 2.05 bits per heavy atom. The van der Waals surface area contributed by atoms with E-state index in [-0.39, 0.29) is 19.1 Å². The van der Waals surface area contributed by atoms with Crippen LogP contribution in [0.15, 0.2) is 0 Å². The molecule has 9 heteroatoms. The maximum Gasteiger partial charge on any atom is 0.392 e. The van der Waals surface area contributed by atoms with E-state index in [1.54, 1.807) is 0 Å². The number of hydrogen-bond donors (Lipinski definition) is 1. The number of hydrogen-bond acceptors (Lipinski definition) is 4. The lowest BCUT2D eigenvalue weighted by Crippen LogP contribution is -2.56. The molecule has 0 aromatic heterocycles. The van der Waals surface area contributed by atoms with Crippen LogP contribution in [0.5, 0.6) is 0 Å². The molecule has 1 N–H and O–H groups in total. The Morgan fingerprint density at radius 1 is 1.05 bits per heavy atom. The fraction of sp³-hybridized carbons (Fsp3) is 0.923. The van der Waals surface area contributed by atoms with Crippen LogP contribution in [-0.2, 0) is 19.6 Å². The second-order valence-electron chi connectivity index (χ2n) is 6.44. The van der Waals surface area contributed by atoms with Crippen LogP contribution in [0, 0.1) is 23.7 Å². The van der Waals surface area contributed by atoms with Gasteiger partial charge >= 0.3 is 6.18 Å². The molecule has 0 unspecified atom stereocenters. The molecule has 5 nitrogen and oxygen atoms in total. The molecule has 0 aromatic rings.